The lowest BCUT2D eigenvalue weighted by Gasteiger charge is -2.37. The van der Waals surface area contributed by atoms with Gasteiger partial charge in [0.05, 0.1) is 17.3 Å². The molecule has 3 rings (SSSR count). The Kier molecular flexibility index (Phi) is 6.23. The van der Waals surface area contributed by atoms with Crippen molar-refractivity contribution < 1.29 is 13.2 Å². The number of benzene rings is 1. The van der Waals surface area contributed by atoms with E-state index in [1.807, 2.05) is 4.90 Å². The molecule has 0 bridgehead atoms. The van der Waals surface area contributed by atoms with Crippen LogP contribution in [0.15, 0.2) is 11.0 Å². The average molecular weight is 411 g/mol. The number of sulfone groups is 1. The van der Waals surface area contributed by atoms with E-state index in [0.29, 0.717) is 24.6 Å². The van der Waals surface area contributed by atoms with E-state index in [-0.39, 0.29) is 17.7 Å². The lowest BCUT2D eigenvalue weighted by atomic mass is 10.0. The first-order valence-electron chi connectivity index (χ1n) is 9.60. The highest BCUT2D eigenvalue weighted by Crippen LogP contribution is 2.31. The summed E-state index contributed by atoms with van der Waals surface area (Å²) in [6.45, 7) is 11.4. The summed E-state index contributed by atoms with van der Waals surface area (Å²) in [6, 6.07) is 2.35. The van der Waals surface area contributed by atoms with E-state index in [9.17, 15) is 13.2 Å². The lowest BCUT2D eigenvalue weighted by molar-refractivity contribution is -0.130. The fraction of sp³-hybridized carbons (Fsp3) is 0.650. The SMILES string of the molecule is Cc1cc(C)c(C)c(SCC(=O)N2CCN([C@@H]3CCS(=O)(=O)C3)CC2)c1C. The molecule has 1 aromatic rings. The van der Waals surface area contributed by atoms with Crippen LogP contribution in [0.2, 0.25) is 0 Å². The molecular formula is C20H30N2O3S2. The largest absolute Gasteiger partial charge is 0.339 e. The molecule has 2 aliphatic rings. The quantitative estimate of drug-likeness (QED) is 0.713. The normalized spacial score (nSPS) is 23.0. The van der Waals surface area contributed by atoms with Crippen molar-refractivity contribution >= 4 is 27.5 Å². The topological polar surface area (TPSA) is 57.7 Å². The molecular weight excluding hydrogens is 380 g/mol. The van der Waals surface area contributed by atoms with Crippen LogP contribution in [0.1, 0.15) is 28.7 Å². The standard InChI is InChI=1S/C20H30N2O3S2/c1-14-11-15(2)17(4)20(16(14)3)26-12-19(23)22-8-6-21(7-9-22)18-5-10-27(24,25)13-18/h11,18H,5-10,12-13H2,1-4H3/t18-/m1/s1. The molecule has 0 N–H and O–H groups in total. The fourth-order valence-electron chi connectivity index (χ4n) is 4.02. The van der Waals surface area contributed by atoms with Crippen molar-refractivity contribution in [3.8, 4) is 0 Å². The van der Waals surface area contributed by atoms with Crippen LogP contribution in [-0.4, -0.2) is 73.6 Å². The molecule has 7 heteroatoms. The van der Waals surface area contributed by atoms with Gasteiger partial charge in [0, 0.05) is 37.1 Å². The molecule has 0 spiro atoms. The second-order valence-corrected chi connectivity index (χ2v) is 11.1. The Morgan fingerprint density at radius 1 is 1.07 bits per heavy atom. The highest BCUT2D eigenvalue weighted by Gasteiger charge is 2.34. The molecule has 0 unspecified atom stereocenters. The Balaban J connectivity index is 1.54. The maximum absolute atomic E-state index is 12.7. The molecule has 2 aliphatic heterocycles. The zero-order valence-electron chi connectivity index (χ0n) is 16.7. The van der Waals surface area contributed by atoms with Crippen molar-refractivity contribution in [3.63, 3.8) is 0 Å². The van der Waals surface area contributed by atoms with E-state index in [0.717, 1.165) is 19.5 Å². The summed E-state index contributed by atoms with van der Waals surface area (Å²) in [5.41, 5.74) is 5.08. The van der Waals surface area contributed by atoms with Crippen LogP contribution >= 0.6 is 11.8 Å². The molecule has 2 saturated heterocycles. The van der Waals surface area contributed by atoms with Crippen molar-refractivity contribution in [1.82, 2.24) is 9.80 Å². The van der Waals surface area contributed by atoms with Crippen molar-refractivity contribution in [3.05, 3.63) is 28.3 Å². The summed E-state index contributed by atoms with van der Waals surface area (Å²) in [5.74, 6) is 1.23. The summed E-state index contributed by atoms with van der Waals surface area (Å²) < 4.78 is 23.4. The van der Waals surface area contributed by atoms with Crippen LogP contribution < -0.4 is 0 Å². The van der Waals surface area contributed by atoms with Gasteiger partial charge >= 0.3 is 0 Å². The Morgan fingerprint density at radius 2 is 1.67 bits per heavy atom. The molecule has 0 aromatic heterocycles. The van der Waals surface area contributed by atoms with Gasteiger partial charge in [-0.05, 0) is 56.4 Å². The van der Waals surface area contributed by atoms with E-state index >= 15 is 0 Å². The molecule has 0 aliphatic carbocycles. The summed E-state index contributed by atoms with van der Waals surface area (Å²) in [5, 5.41) is 0. The van der Waals surface area contributed by atoms with Crippen molar-refractivity contribution in [2.45, 2.75) is 45.1 Å². The van der Waals surface area contributed by atoms with Crippen molar-refractivity contribution in [2.75, 3.05) is 43.4 Å². The van der Waals surface area contributed by atoms with Crippen molar-refractivity contribution in [1.29, 1.82) is 0 Å². The van der Waals surface area contributed by atoms with Gasteiger partial charge in [-0.2, -0.15) is 0 Å². The lowest BCUT2D eigenvalue weighted by Crippen LogP contribution is -2.52. The molecule has 2 heterocycles. The molecule has 0 saturated carbocycles. The Labute approximate surface area is 167 Å². The number of thioether (sulfide) groups is 1. The smallest absolute Gasteiger partial charge is 0.233 e. The van der Waals surface area contributed by atoms with Gasteiger partial charge < -0.3 is 4.90 Å². The minimum Gasteiger partial charge on any atom is -0.339 e. The third-order valence-corrected chi connectivity index (χ3v) is 9.07. The maximum Gasteiger partial charge on any atom is 0.233 e. The third kappa shape index (κ3) is 4.69. The van der Waals surface area contributed by atoms with Gasteiger partial charge in [-0.3, -0.25) is 9.69 Å². The van der Waals surface area contributed by atoms with Gasteiger partial charge in [-0.15, -0.1) is 11.8 Å². The van der Waals surface area contributed by atoms with E-state index in [2.05, 4.69) is 38.7 Å². The first-order chi connectivity index (χ1) is 12.7. The average Bonchev–Trinajstić information content (AvgIpc) is 3.00. The van der Waals surface area contributed by atoms with Crippen LogP contribution in [0.5, 0.6) is 0 Å². The molecule has 2 fully saturated rings. The van der Waals surface area contributed by atoms with Crippen LogP contribution in [0.3, 0.4) is 0 Å². The highest BCUT2D eigenvalue weighted by atomic mass is 32.2. The molecule has 1 amide bonds. The predicted molar refractivity (Wildman–Crippen MR) is 111 cm³/mol. The third-order valence-electron chi connectivity index (χ3n) is 6.03. The van der Waals surface area contributed by atoms with Crippen LogP contribution in [0.4, 0.5) is 0 Å². The maximum atomic E-state index is 12.7. The van der Waals surface area contributed by atoms with Crippen LogP contribution in [0.25, 0.3) is 0 Å². The molecule has 27 heavy (non-hydrogen) atoms. The second-order valence-electron chi connectivity index (χ2n) is 7.85. The van der Waals surface area contributed by atoms with E-state index in [1.54, 1.807) is 11.8 Å². The predicted octanol–water partition coefficient (Wildman–Crippen LogP) is 2.34. The number of rotatable bonds is 4. The Hall–Kier alpha value is -1.05. The zero-order valence-corrected chi connectivity index (χ0v) is 18.4. The summed E-state index contributed by atoms with van der Waals surface area (Å²) in [6.07, 6.45) is 0.734. The minimum atomic E-state index is -2.85. The fourth-order valence-corrected chi connectivity index (χ4v) is 6.99. The number of aryl methyl sites for hydroxylation is 2. The number of hydrogen-bond acceptors (Lipinski definition) is 5. The number of hydrogen-bond donors (Lipinski definition) is 0. The number of carbonyl (C=O) groups is 1. The molecule has 1 atom stereocenters. The summed E-state index contributed by atoms with van der Waals surface area (Å²) >= 11 is 1.65. The van der Waals surface area contributed by atoms with Gasteiger partial charge in [-0.1, -0.05) is 6.07 Å². The van der Waals surface area contributed by atoms with Gasteiger partial charge in [0.15, 0.2) is 9.84 Å². The van der Waals surface area contributed by atoms with E-state index in [1.165, 1.54) is 27.1 Å². The molecule has 5 nitrogen and oxygen atoms in total. The highest BCUT2D eigenvalue weighted by molar-refractivity contribution is 8.00. The van der Waals surface area contributed by atoms with Gasteiger partial charge in [0.25, 0.3) is 0 Å². The van der Waals surface area contributed by atoms with E-state index < -0.39 is 9.84 Å². The number of nitrogens with zero attached hydrogens (tertiary/aromatic N) is 2. The molecule has 1 aromatic carbocycles. The summed E-state index contributed by atoms with van der Waals surface area (Å²) in [4.78, 5) is 18.1. The first kappa shape index (κ1) is 20.7. The van der Waals surface area contributed by atoms with Crippen LogP contribution in [0, 0.1) is 27.7 Å². The Bertz CT molecular complexity index is 802. The van der Waals surface area contributed by atoms with Gasteiger partial charge in [0.1, 0.15) is 0 Å². The van der Waals surface area contributed by atoms with Crippen LogP contribution in [-0.2, 0) is 14.6 Å². The monoisotopic (exact) mass is 410 g/mol. The number of piperazine rings is 1. The van der Waals surface area contributed by atoms with Crippen molar-refractivity contribution in [2.24, 2.45) is 0 Å². The minimum absolute atomic E-state index is 0.141. The summed E-state index contributed by atoms with van der Waals surface area (Å²) in [7, 11) is -2.85. The van der Waals surface area contributed by atoms with E-state index in [4.69, 9.17) is 0 Å². The first-order valence-corrected chi connectivity index (χ1v) is 12.4. The molecule has 150 valence electrons. The van der Waals surface area contributed by atoms with Gasteiger partial charge in [0.2, 0.25) is 5.91 Å². The number of carbonyl (C=O) groups excluding carboxylic acids is 1. The zero-order chi connectivity index (χ0) is 19.8. The van der Waals surface area contributed by atoms with Gasteiger partial charge in [-0.25, -0.2) is 8.42 Å². The number of amides is 1. The molecule has 0 radical (unpaired) electrons. The Morgan fingerprint density at radius 3 is 2.19 bits per heavy atom. The second kappa shape index (κ2) is 8.13.